The molecular weight excluding hydrogens is 496 g/mol. The van der Waals surface area contributed by atoms with Crippen LogP contribution < -0.4 is 10.2 Å². The zero-order valence-electron chi connectivity index (χ0n) is 24.1. The number of esters is 1. The molecule has 0 aromatic heterocycles. The highest BCUT2D eigenvalue weighted by molar-refractivity contribution is 5.95. The van der Waals surface area contributed by atoms with Crippen LogP contribution in [0, 0.1) is 11.3 Å². The predicted molar refractivity (Wildman–Crippen MR) is 163 cm³/mol. The topological polar surface area (TPSA) is 58.6 Å². The third-order valence-electron chi connectivity index (χ3n) is 9.10. The normalized spacial score (nSPS) is 20.1. The second kappa shape index (κ2) is 12.3. The van der Waals surface area contributed by atoms with E-state index in [4.69, 9.17) is 4.74 Å². The first-order valence-corrected chi connectivity index (χ1v) is 14.7. The Bertz CT molecular complexity index is 1310. The fourth-order valence-corrected chi connectivity index (χ4v) is 6.77. The van der Waals surface area contributed by atoms with Crippen LogP contribution in [0.5, 0.6) is 0 Å². The van der Waals surface area contributed by atoms with Gasteiger partial charge in [0, 0.05) is 25.5 Å². The molecule has 2 aliphatic rings. The molecule has 3 aromatic rings. The number of rotatable bonds is 8. The van der Waals surface area contributed by atoms with Crippen molar-refractivity contribution in [2.45, 2.75) is 63.7 Å². The number of nitrogens with zero attached hydrogens (tertiary/aromatic N) is 1. The van der Waals surface area contributed by atoms with Crippen molar-refractivity contribution in [3.8, 4) is 11.1 Å². The van der Waals surface area contributed by atoms with Crippen molar-refractivity contribution in [1.29, 1.82) is 0 Å². The van der Waals surface area contributed by atoms with Crippen molar-refractivity contribution in [3.63, 3.8) is 0 Å². The van der Waals surface area contributed by atoms with Gasteiger partial charge in [0.1, 0.15) is 0 Å². The van der Waals surface area contributed by atoms with E-state index in [0.29, 0.717) is 0 Å². The first-order chi connectivity index (χ1) is 19.4. The average Bonchev–Trinajstić information content (AvgIpc) is 3.48. The molecule has 210 valence electrons. The van der Waals surface area contributed by atoms with Gasteiger partial charge in [0.25, 0.3) is 0 Å². The van der Waals surface area contributed by atoms with Gasteiger partial charge in [0.05, 0.1) is 18.4 Å². The number of hydrogen-bond donors (Lipinski definition) is 1. The highest BCUT2D eigenvalue weighted by atomic mass is 16.5. The fraction of sp³-hybridized carbons (Fsp3) is 0.429. The van der Waals surface area contributed by atoms with E-state index in [-0.39, 0.29) is 23.7 Å². The molecule has 1 amide bonds. The Kier molecular flexibility index (Phi) is 8.58. The molecular formula is C35H42N2O3. The molecule has 2 saturated carbocycles. The summed E-state index contributed by atoms with van der Waals surface area (Å²) >= 11 is 0. The molecule has 0 saturated heterocycles. The fourth-order valence-electron chi connectivity index (χ4n) is 6.77. The molecule has 5 rings (SSSR count). The maximum absolute atomic E-state index is 13.9. The molecule has 3 aromatic carbocycles. The monoisotopic (exact) mass is 538 g/mol. The van der Waals surface area contributed by atoms with Crippen molar-refractivity contribution in [2.75, 3.05) is 31.4 Å². The Morgan fingerprint density at radius 3 is 2.20 bits per heavy atom. The maximum atomic E-state index is 13.9. The summed E-state index contributed by atoms with van der Waals surface area (Å²) in [6.45, 7) is 0. The molecule has 5 heteroatoms. The van der Waals surface area contributed by atoms with Gasteiger partial charge in [-0.15, -0.1) is 0 Å². The quantitative estimate of drug-likeness (QED) is 0.300. The first-order valence-electron chi connectivity index (χ1n) is 14.7. The van der Waals surface area contributed by atoms with Crippen LogP contribution in [0.15, 0.2) is 72.8 Å². The minimum atomic E-state index is -0.412. The molecule has 0 spiro atoms. The second-order valence-corrected chi connectivity index (χ2v) is 11.9. The SMILES string of the molecule is COC(=O)C1CCCC1c1cccc(NC(=O)C2(Cc3ccc(-c4ccc(N(C)C)cc4)cc3)CCCCC2)c1. The molecule has 0 bridgehead atoms. The first kappa shape index (κ1) is 27.9. The average molecular weight is 539 g/mol. The molecule has 1 N–H and O–H groups in total. The van der Waals surface area contributed by atoms with Gasteiger partial charge >= 0.3 is 5.97 Å². The lowest BCUT2D eigenvalue weighted by Crippen LogP contribution is -2.40. The third-order valence-corrected chi connectivity index (χ3v) is 9.10. The van der Waals surface area contributed by atoms with Crippen LogP contribution in [0.4, 0.5) is 11.4 Å². The number of anilines is 2. The Morgan fingerprint density at radius 1 is 0.875 bits per heavy atom. The number of carbonyl (C=O) groups excluding carboxylic acids is 2. The maximum Gasteiger partial charge on any atom is 0.309 e. The van der Waals surface area contributed by atoms with Gasteiger partial charge in [-0.1, -0.05) is 74.2 Å². The molecule has 2 fully saturated rings. The molecule has 5 nitrogen and oxygen atoms in total. The number of methoxy groups -OCH3 is 1. The van der Waals surface area contributed by atoms with Crippen LogP contribution in [-0.4, -0.2) is 33.1 Å². The summed E-state index contributed by atoms with van der Waals surface area (Å²) in [5.74, 6) is 0.0263. The molecule has 0 heterocycles. The molecule has 2 unspecified atom stereocenters. The van der Waals surface area contributed by atoms with Gasteiger partial charge in [-0.25, -0.2) is 0 Å². The molecule has 2 atom stereocenters. The van der Waals surface area contributed by atoms with E-state index < -0.39 is 5.41 Å². The molecule has 2 aliphatic carbocycles. The minimum absolute atomic E-state index is 0.102. The van der Waals surface area contributed by atoms with Crippen LogP contribution in [-0.2, 0) is 20.7 Å². The van der Waals surface area contributed by atoms with Crippen molar-refractivity contribution < 1.29 is 14.3 Å². The Labute approximate surface area is 238 Å². The summed E-state index contributed by atoms with van der Waals surface area (Å²) in [6.07, 6.45) is 8.73. The highest BCUT2D eigenvalue weighted by Gasteiger charge is 2.40. The Morgan fingerprint density at radius 2 is 1.55 bits per heavy atom. The Balaban J connectivity index is 1.31. The lowest BCUT2D eigenvalue weighted by molar-refractivity contribution is -0.145. The smallest absolute Gasteiger partial charge is 0.309 e. The van der Waals surface area contributed by atoms with Gasteiger partial charge < -0.3 is 15.0 Å². The van der Waals surface area contributed by atoms with Crippen LogP contribution in [0.25, 0.3) is 11.1 Å². The van der Waals surface area contributed by atoms with E-state index in [9.17, 15) is 9.59 Å². The van der Waals surface area contributed by atoms with Crippen LogP contribution >= 0.6 is 0 Å². The van der Waals surface area contributed by atoms with Gasteiger partial charge in [0.15, 0.2) is 0 Å². The largest absolute Gasteiger partial charge is 0.469 e. The van der Waals surface area contributed by atoms with Gasteiger partial charge in [0.2, 0.25) is 5.91 Å². The standard InChI is InChI=1S/C35H42N2O3/c1-37(2)30-19-17-27(18-20-30)26-15-13-25(14-16-26)24-35(21-5-4-6-22-35)34(39)36-29-10-7-9-28(23-29)31-11-8-12-32(31)33(38)40-3/h7,9-10,13-20,23,31-32H,4-6,8,11-12,21-22,24H2,1-3H3,(H,36,39). The lowest BCUT2D eigenvalue weighted by atomic mass is 9.69. The molecule has 0 radical (unpaired) electrons. The van der Waals surface area contributed by atoms with Gasteiger partial charge in [-0.3, -0.25) is 9.59 Å². The summed E-state index contributed by atoms with van der Waals surface area (Å²) in [6, 6.07) is 25.4. The van der Waals surface area contributed by atoms with E-state index in [1.54, 1.807) is 0 Å². The second-order valence-electron chi connectivity index (χ2n) is 11.9. The number of amides is 1. The lowest BCUT2D eigenvalue weighted by Gasteiger charge is -2.36. The zero-order valence-corrected chi connectivity index (χ0v) is 24.1. The van der Waals surface area contributed by atoms with Gasteiger partial charge in [-0.2, -0.15) is 0 Å². The van der Waals surface area contributed by atoms with Crippen molar-refractivity contribution in [2.24, 2.45) is 11.3 Å². The number of hydrogen-bond acceptors (Lipinski definition) is 4. The molecule has 0 aliphatic heterocycles. The molecule has 40 heavy (non-hydrogen) atoms. The highest BCUT2D eigenvalue weighted by Crippen LogP contribution is 2.43. The number of carbonyl (C=O) groups is 2. The van der Waals surface area contributed by atoms with E-state index in [1.807, 2.05) is 26.2 Å². The summed E-state index contributed by atoms with van der Waals surface area (Å²) in [5, 5.41) is 3.29. The van der Waals surface area contributed by atoms with E-state index in [0.717, 1.165) is 62.6 Å². The Hall–Kier alpha value is -3.60. The summed E-state index contributed by atoms with van der Waals surface area (Å²) in [7, 11) is 5.57. The van der Waals surface area contributed by atoms with Gasteiger partial charge in [-0.05, 0) is 84.5 Å². The summed E-state index contributed by atoms with van der Waals surface area (Å²) < 4.78 is 5.07. The van der Waals surface area contributed by atoms with Crippen LogP contribution in [0.1, 0.15) is 68.4 Å². The van der Waals surface area contributed by atoms with Crippen LogP contribution in [0.2, 0.25) is 0 Å². The van der Waals surface area contributed by atoms with Crippen molar-refractivity contribution in [1.82, 2.24) is 0 Å². The van der Waals surface area contributed by atoms with Crippen molar-refractivity contribution in [3.05, 3.63) is 83.9 Å². The minimum Gasteiger partial charge on any atom is -0.469 e. The zero-order chi connectivity index (χ0) is 28.1. The number of benzene rings is 3. The van der Waals surface area contributed by atoms with E-state index >= 15 is 0 Å². The third kappa shape index (κ3) is 6.09. The summed E-state index contributed by atoms with van der Waals surface area (Å²) in [5.41, 5.74) is 6.28. The van der Waals surface area contributed by atoms with E-state index in [1.165, 1.54) is 35.9 Å². The van der Waals surface area contributed by atoms with Crippen molar-refractivity contribution >= 4 is 23.3 Å². The number of ether oxygens (including phenoxy) is 1. The number of nitrogens with one attached hydrogen (secondary N) is 1. The van der Waals surface area contributed by atoms with Crippen LogP contribution in [0.3, 0.4) is 0 Å². The predicted octanol–water partition coefficient (Wildman–Crippen LogP) is 7.61. The van der Waals surface area contributed by atoms with E-state index in [2.05, 4.69) is 70.9 Å². The summed E-state index contributed by atoms with van der Waals surface area (Å²) in [4.78, 5) is 28.4.